The van der Waals surface area contributed by atoms with Gasteiger partial charge in [-0.25, -0.2) is 13.1 Å². The van der Waals surface area contributed by atoms with E-state index in [0.29, 0.717) is 11.0 Å². The Labute approximate surface area is 122 Å². The van der Waals surface area contributed by atoms with Gasteiger partial charge in [-0.3, -0.25) is 4.79 Å². The zero-order chi connectivity index (χ0) is 14.3. The number of carbonyl (C=O) groups excluding carboxylic acids is 1. The molecule has 0 aliphatic carbocycles. The molecule has 1 rings (SSSR count). The van der Waals surface area contributed by atoms with Gasteiger partial charge in [0.25, 0.3) is 0 Å². The predicted octanol–water partition coefficient (Wildman–Crippen LogP) is 1.64. The third-order valence-electron chi connectivity index (χ3n) is 2.32. The molecule has 0 bridgehead atoms. The van der Waals surface area contributed by atoms with Crippen LogP contribution in [-0.4, -0.2) is 27.4 Å². The maximum Gasteiger partial charge on any atom is 0.240 e. The molecule has 0 spiro atoms. The molecule has 0 aliphatic rings. The van der Waals surface area contributed by atoms with Crippen LogP contribution in [0, 0.1) is 0 Å². The van der Waals surface area contributed by atoms with Crippen LogP contribution in [0.15, 0.2) is 33.6 Å². The molecular formula is C12H17BrN2O3S. The number of rotatable bonds is 7. The molecule has 1 aromatic carbocycles. The summed E-state index contributed by atoms with van der Waals surface area (Å²) in [6.07, 6.45) is 0.989. The maximum absolute atomic E-state index is 11.9. The number of hydrogen-bond acceptors (Lipinski definition) is 3. The van der Waals surface area contributed by atoms with Crippen LogP contribution in [0.2, 0.25) is 0 Å². The second-order valence-electron chi connectivity index (χ2n) is 3.96. The van der Waals surface area contributed by atoms with Crippen LogP contribution in [0.25, 0.3) is 0 Å². The number of carbonyl (C=O) groups is 1. The smallest absolute Gasteiger partial charge is 0.240 e. The van der Waals surface area contributed by atoms with Gasteiger partial charge in [0.1, 0.15) is 0 Å². The van der Waals surface area contributed by atoms with E-state index in [4.69, 9.17) is 0 Å². The van der Waals surface area contributed by atoms with Crippen molar-refractivity contribution in [2.75, 3.05) is 13.1 Å². The van der Waals surface area contributed by atoms with Gasteiger partial charge in [-0.1, -0.05) is 28.9 Å². The van der Waals surface area contributed by atoms with E-state index in [1.54, 1.807) is 12.1 Å². The molecule has 1 aromatic rings. The summed E-state index contributed by atoms with van der Waals surface area (Å²) in [5.41, 5.74) is 0. The van der Waals surface area contributed by atoms with Gasteiger partial charge < -0.3 is 5.32 Å². The number of benzene rings is 1. The highest BCUT2D eigenvalue weighted by Crippen LogP contribution is 2.15. The molecule has 0 aliphatic heterocycles. The third-order valence-corrected chi connectivity index (χ3v) is 4.27. The Morgan fingerprint density at radius 3 is 2.68 bits per heavy atom. The number of hydrogen-bond donors (Lipinski definition) is 2. The van der Waals surface area contributed by atoms with Gasteiger partial charge in [0.15, 0.2) is 0 Å². The van der Waals surface area contributed by atoms with Crippen molar-refractivity contribution in [2.24, 2.45) is 0 Å². The summed E-state index contributed by atoms with van der Waals surface area (Å²) in [6.45, 7) is 2.65. The lowest BCUT2D eigenvalue weighted by Crippen LogP contribution is -2.31. The van der Waals surface area contributed by atoms with E-state index in [-0.39, 0.29) is 23.8 Å². The molecule has 5 nitrogen and oxygen atoms in total. The standard InChI is InChI=1S/C12H17BrN2O3S/c1-2-7-14-12(16)6-8-15-19(17,18)11-5-3-4-10(13)9-11/h3-5,9,15H,2,6-8H2,1H3,(H,14,16). The highest BCUT2D eigenvalue weighted by Gasteiger charge is 2.14. The summed E-state index contributed by atoms with van der Waals surface area (Å²) in [7, 11) is -3.56. The number of halogens is 1. The lowest BCUT2D eigenvalue weighted by atomic mass is 10.4. The average Bonchev–Trinajstić information content (AvgIpc) is 2.36. The van der Waals surface area contributed by atoms with Crippen LogP contribution in [0.3, 0.4) is 0 Å². The highest BCUT2D eigenvalue weighted by molar-refractivity contribution is 9.10. The minimum Gasteiger partial charge on any atom is -0.356 e. The lowest BCUT2D eigenvalue weighted by Gasteiger charge is -2.07. The molecule has 0 fully saturated rings. The topological polar surface area (TPSA) is 75.3 Å². The van der Waals surface area contributed by atoms with Gasteiger partial charge in [0, 0.05) is 24.0 Å². The zero-order valence-corrected chi connectivity index (χ0v) is 13.1. The fourth-order valence-electron chi connectivity index (χ4n) is 1.37. The van der Waals surface area contributed by atoms with E-state index in [2.05, 4.69) is 26.0 Å². The molecule has 0 heterocycles. The Morgan fingerprint density at radius 2 is 2.05 bits per heavy atom. The molecule has 0 saturated heterocycles. The first kappa shape index (κ1) is 16.1. The summed E-state index contributed by atoms with van der Waals surface area (Å²) in [5.74, 6) is -0.154. The summed E-state index contributed by atoms with van der Waals surface area (Å²) in [6, 6.07) is 6.41. The Morgan fingerprint density at radius 1 is 1.32 bits per heavy atom. The van der Waals surface area contributed by atoms with Crippen molar-refractivity contribution in [3.63, 3.8) is 0 Å². The molecular weight excluding hydrogens is 332 g/mol. The minimum atomic E-state index is -3.56. The number of nitrogens with one attached hydrogen (secondary N) is 2. The first-order chi connectivity index (χ1) is 8.95. The fourth-order valence-corrected chi connectivity index (χ4v) is 3.00. The lowest BCUT2D eigenvalue weighted by molar-refractivity contribution is -0.120. The molecule has 0 atom stereocenters. The van der Waals surface area contributed by atoms with Crippen molar-refractivity contribution in [1.82, 2.24) is 10.0 Å². The summed E-state index contributed by atoms with van der Waals surface area (Å²) >= 11 is 3.22. The summed E-state index contributed by atoms with van der Waals surface area (Å²) < 4.78 is 26.9. The summed E-state index contributed by atoms with van der Waals surface area (Å²) in [5, 5.41) is 2.69. The van der Waals surface area contributed by atoms with Crippen LogP contribution in [-0.2, 0) is 14.8 Å². The van der Waals surface area contributed by atoms with Gasteiger partial charge in [-0.15, -0.1) is 0 Å². The van der Waals surface area contributed by atoms with Gasteiger partial charge in [0.2, 0.25) is 15.9 Å². The third kappa shape index (κ3) is 5.71. The molecule has 0 aromatic heterocycles. The van der Waals surface area contributed by atoms with Crippen LogP contribution in [0.5, 0.6) is 0 Å². The van der Waals surface area contributed by atoms with Crippen LogP contribution in [0.4, 0.5) is 0 Å². The molecule has 106 valence electrons. The highest BCUT2D eigenvalue weighted by atomic mass is 79.9. The molecule has 0 radical (unpaired) electrons. The first-order valence-electron chi connectivity index (χ1n) is 5.97. The quantitative estimate of drug-likeness (QED) is 0.786. The van der Waals surface area contributed by atoms with Crippen molar-refractivity contribution in [2.45, 2.75) is 24.7 Å². The van der Waals surface area contributed by atoms with E-state index >= 15 is 0 Å². The molecule has 0 saturated carbocycles. The van der Waals surface area contributed by atoms with E-state index in [0.717, 1.165) is 6.42 Å². The average molecular weight is 349 g/mol. The van der Waals surface area contributed by atoms with Gasteiger partial charge in [-0.2, -0.15) is 0 Å². The molecule has 1 amide bonds. The van der Waals surface area contributed by atoms with Gasteiger partial charge >= 0.3 is 0 Å². The van der Waals surface area contributed by atoms with Crippen molar-refractivity contribution in [1.29, 1.82) is 0 Å². The minimum absolute atomic E-state index is 0.0877. The van der Waals surface area contributed by atoms with Crippen molar-refractivity contribution >= 4 is 31.9 Å². The van der Waals surface area contributed by atoms with Crippen LogP contribution in [0.1, 0.15) is 19.8 Å². The van der Waals surface area contributed by atoms with Crippen molar-refractivity contribution in [3.8, 4) is 0 Å². The Balaban J connectivity index is 2.50. The Bertz CT molecular complexity index is 532. The van der Waals surface area contributed by atoms with Crippen LogP contribution < -0.4 is 10.0 Å². The molecule has 7 heteroatoms. The van der Waals surface area contributed by atoms with Gasteiger partial charge in [-0.05, 0) is 24.6 Å². The largest absolute Gasteiger partial charge is 0.356 e. The SMILES string of the molecule is CCCNC(=O)CCNS(=O)(=O)c1cccc(Br)c1. The zero-order valence-electron chi connectivity index (χ0n) is 10.6. The molecule has 0 unspecified atom stereocenters. The molecule has 2 N–H and O–H groups in total. The summed E-state index contributed by atoms with van der Waals surface area (Å²) in [4.78, 5) is 11.5. The second kappa shape index (κ2) is 7.62. The van der Waals surface area contributed by atoms with Crippen LogP contribution >= 0.6 is 15.9 Å². The van der Waals surface area contributed by atoms with E-state index in [1.807, 2.05) is 6.92 Å². The normalized spacial score (nSPS) is 11.3. The first-order valence-corrected chi connectivity index (χ1v) is 8.25. The van der Waals surface area contributed by atoms with E-state index in [1.165, 1.54) is 12.1 Å². The van der Waals surface area contributed by atoms with Gasteiger partial charge in [0.05, 0.1) is 4.90 Å². The van der Waals surface area contributed by atoms with Crippen molar-refractivity contribution < 1.29 is 13.2 Å². The molecule has 19 heavy (non-hydrogen) atoms. The predicted molar refractivity (Wildman–Crippen MR) is 77.2 cm³/mol. The fraction of sp³-hybridized carbons (Fsp3) is 0.417. The number of amides is 1. The Hall–Kier alpha value is -0.920. The Kier molecular flexibility index (Phi) is 6.47. The number of sulfonamides is 1. The maximum atomic E-state index is 11.9. The van der Waals surface area contributed by atoms with E-state index in [9.17, 15) is 13.2 Å². The van der Waals surface area contributed by atoms with Crippen molar-refractivity contribution in [3.05, 3.63) is 28.7 Å². The monoisotopic (exact) mass is 348 g/mol. The second-order valence-corrected chi connectivity index (χ2v) is 6.64. The van der Waals surface area contributed by atoms with E-state index < -0.39 is 10.0 Å².